The molecule has 0 aliphatic heterocycles. The number of hydrogen-bond donors (Lipinski definition) is 0. The summed E-state index contributed by atoms with van der Waals surface area (Å²) in [7, 11) is -2.73. The van der Waals surface area contributed by atoms with Gasteiger partial charge in [-0.15, -0.1) is 0 Å². The Bertz CT molecular complexity index is 513. The second-order valence-corrected chi connectivity index (χ2v) is 10.1. The Morgan fingerprint density at radius 2 is 1.38 bits per heavy atom. The summed E-state index contributed by atoms with van der Waals surface area (Å²) in [4.78, 5) is 13.0. The lowest BCUT2D eigenvalue weighted by Gasteiger charge is -2.29. The number of halogens is 2. The van der Waals surface area contributed by atoms with Crippen molar-refractivity contribution in [1.29, 1.82) is 0 Å². The zero-order valence-electron chi connectivity index (χ0n) is 18.8. The quantitative estimate of drug-likeness (QED) is 0.142. The van der Waals surface area contributed by atoms with Crippen LogP contribution in [0.1, 0.15) is 85.5 Å². The topological polar surface area (TPSA) is 55.8 Å². The molecule has 0 heterocycles. The average Bonchev–Trinajstić information content (AvgIpc) is 2.60. The minimum absolute atomic E-state index is 0.0658. The molecule has 0 fully saturated rings. The molecule has 0 aromatic rings. The Kier molecular flexibility index (Phi) is 13.9. The minimum Gasteiger partial charge on any atom is -0.342 e. The highest BCUT2D eigenvalue weighted by molar-refractivity contribution is 7.55. The lowest BCUT2D eigenvalue weighted by Crippen LogP contribution is -2.25. The zero-order chi connectivity index (χ0) is 22.5. The van der Waals surface area contributed by atoms with E-state index in [9.17, 15) is 18.1 Å². The Morgan fingerprint density at radius 3 is 1.79 bits per heavy atom. The van der Waals surface area contributed by atoms with E-state index in [1.54, 1.807) is 39.6 Å². The number of likely N-dealkylation sites (N-methyl/N-ethyl adjacent to an activating group) is 1. The van der Waals surface area contributed by atoms with Crippen molar-refractivity contribution in [2.75, 3.05) is 13.6 Å². The number of rotatable bonds is 17. The number of carbonyl (C=O) groups excluding carboxylic acids is 1. The van der Waals surface area contributed by atoms with E-state index in [2.05, 4.69) is 6.58 Å². The minimum atomic E-state index is -4.49. The summed E-state index contributed by atoms with van der Waals surface area (Å²) in [5.74, 6) is -0.0658. The molecule has 0 aromatic heterocycles. The molecule has 0 aliphatic carbocycles. The van der Waals surface area contributed by atoms with Crippen LogP contribution in [0.15, 0.2) is 12.7 Å². The molecule has 29 heavy (non-hydrogen) atoms. The lowest BCUT2D eigenvalue weighted by molar-refractivity contribution is -0.124. The smallest absolute Gasteiger partial charge is 0.342 e. The maximum absolute atomic E-state index is 14.5. The van der Waals surface area contributed by atoms with Crippen molar-refractivity contribution >= 4 is 13.5 Å². The molecule has 0 atom stereocenters. The van der Waals surface area contributed by atoms with Crippen LogP contribution >= 0.6 is 7.60 Å². The van der Waals surface area contributed by atoms with E-state index in [1.165, 1.54) is 6.08 Å². The second-order valence-electron chi connectivity index (χ2n) is 8.01. The summed E-state index contributed by atoms with van der Waals surface area (Å²) in [6.07, 6.45) is 6.51. The van der Waals surface area contributed by atoms with Gasteiger partial charge in [0.25, 0.3) is 0 Å². The highest BCUT2D eigenvalue weighted by atomic mass is 31.2. The van der Waals surface area contributed by atoms with Crippen LogP contribution in [0.2, 0.25) is 0 Å². The van der Waals surface area contributed by atoms with Gasteiger partial charge in [0, 0.05) is 20.0 Å². The molecule has 0 aliphatic rings. The van der Waals surface area contributed by atoms with Crippen LogP contribution in [0.3, 0.4) is 0 Å². The molecular weight excluding hydrogens is 399 g/mol. The van der Waals surface area contributed by atoms with E-state index < -0.39 is 31.9 Å². The zero-order valence-corrected chi connectivity index (χ0v) is 19.7. The van der Waals surface area contributed by atoms with Gasteiger partial charge in [0.05, 0.1) is 12.2 Å². The van der Waals surface area contributed by atoms with Crippen LogP contribution < -0.4 is 0 Å². The van der Waals surface area contributed by atoms with Crippen molar-refractivity contribution in [2.45, 2.75) is 103 Å². The number of unbranched alkanes of at least 4 members (excludes halogenated alkanes) is 7. The summed E-state index contributed by atoms with van der Waals surface area (Å²) in [5.41, 5.74) is -3.48. The maximum atomic E-state index is 14.5. The van der Waals surface area contributed by atoms with Gasteiger partial charge >= 0.3 is 13.3 Å². The third kappa shape index (κ3) is 11.9. The van der Waals surface area contributed by atoms with E-state index in [0.29, 0.717) is 6.42 Å². The molecule has 0 rings (SSSR count). The van der Waals surface area contributed by atoms with Crippen molar-refractivity contribution in [3.05, 3.63) is 12.7 Å². The first-order chi connectivity index (χ1) is 13.4. The summed E-state index contributed by atoms with van der Waals surface area (Å²) in [6.45, 7) is 10.5. The van der Waals surface area contributed by atoms with Gasteiger partial charge in [0.1, 0.15) is 0 Å². The van der Waals surface area contributed by atoms with Gasteiger partial charge in [-0.25, -0.2) is 0 Å². The predicted molar refractivity (Wildman–Crippen MR) is 114 cm³/mol. The van der Waals surface area contributed by atoms with Crippen LogP contribution in [-0.4, -0.2) is 42.3 Å². The Hall–Kier alpha value is -0.780. The van der Waals surface area contributed by atoms with Crippen molar-refractivity contribution in [1.82, 2.24) is 4.90 Å². The molecule has 0 spiro atoms. The summed E-state index contributed by atoms with van der Waals surface area (Å²) < 4.78 is 51.7. The maximum Gasteiger partial charge on any atom is 0.400 e. The van der Waals surface area contributed by atoms with Gasteiger partial charge in [-0.2, -0.15) is 8.78 Å². The fourth-order valence-corrected chi connectivity index (χ4v) is 4.78. The lowest BCUT2D eigenvalue weighted by atomic mass is 10.1. The third-order valence-corrected chi connectivity index (χ3v) is 6.80. The van der Waals surface area contributed by atoms with Gasteiger partial charge in [0.15, 0.2) is 0 Å². The average molecular weight is 440 g/mol. The normalized spacial score (nSPS) is 12.6. The molecule has 1 amide bonds. The van der Waals surface area contributed by atoms with Gasteiger partial charge in [-0.1, -0.05) is 45.1 Å². The van der Waals surface area contributed by atoms with Gasteiger partial charge < -0.3 is 13.9 Å². The first-order valence-electron chi connectivity index (χ1n) is 10.7. The van der Waals surface area contributed by atoms with Crippen LogP contribution in [0.4, 0.5) is 8.78 Å². The molecule has 0 aromatic carbocycles. The van der Waals surface area contributed by atoms with Gasteiger partial charge in [-0.05, 0) is 46.6 Å². The predicted octanol–water partition coefficient (Wildman–Crippen LogP) is 6.78. The summed E-state index contributed by atoms with van der Waals surface area (Å²) in [5, 5.41) is 0. The van der Waals surface area contributed by atoms with Gasteiger partial charge in [-0.3, -0.25) is 9.36 Å². The molecule has 0 saturated heterocycles. The van der Waals surface area contributed by atoms with Crippen molar-refractivity contribution in [3.63, 3.8) is 0 Å². The number of nitrogens with zero attached hydrogens (tertiary/aromatic N) is 1. The Morgan fingerprint density at radius 1 is 0.966 bits per heavy atom. The highest BCUT2D eigenvalue weighted by Gasteiger charge is 2.53. The molecule has 0 bridgehead atoms. The SMILES string of the molecule is C=CC(=O)N(C)CCCCCCCCCCC(F)(F)P(=O)(OC(C)C)OC(C)C. The first kappa shape index (κ1) is 28.2. The molecule has 8 heteroatoms. The molecule has 5 nitrogen and oxygen atoms in total. The monoisotopic (exact) mass is 439 g/mol. The van der Waals surface area contributed by atoms with Crippen LogP contribution in [-0.2, 0) is 18.4 Å². The van der Waals surface area contributed by atoms with Crippen LogP contribution in [0.25, 0.3) is 0 Å². The number of carbonyl (C=O) groups is 1. The third-order valence-electron chi connectivity index (χ3n) is 4.37. The molecular formula is C21H40F2NO4P. The molecule has 0 radical (unpaired) electrons. The van der Waals surface area contributed by atoms with E-state index in [1.807, 2.05) is 0 Å². The van der Waals surface area contributed by atoms with E-state index in [4.69, 9.17) is 9.05 Å². The van der Waals surface area contributed by atoms with Gasteiger partial charge in [0.2, 0.25) is 5.91 Å². The van der Waals surface area contributed by atoms with E-state index >= 15 is 0 Å². The van der Waals surface area contributed by atoms with Crippen molar-refractivity contribution in [3.8, 4) is 0 Å². The van der Waals surface area contributed by atoms with Crippen LogP contribution in [0, 0.1) is 0 Å². The Labute approximate surface area is 175 Å². The molecule has 0 unspecified atom stereocenters. The summed E-state index contributed by atoms with van der Waals surface area (Å²) in [6, 6.07) is 0. The molecule has 0 saturated carbocycles. The number of alkyl halides is 2. The second kappa shape index (κ2) is 14.3. The van der Waals surface area contributed by atoms with Crippen LogP contribution in [0.5, 0.6) is 0 Å². The fourth-order valence-electron chi connectivity index (χ4n) is 2.88. The molecule has 0 N–H and O–H groups in total. The fraction of sp³-hybridized carbons (Fsp3) is 0.857. The number of hydrogen-bond acceptors (Lipinski definition) is 4. The van der Waals surface area contributed by atoms with Crippen molar-refractivity contribution in [2.24, 2.45) is 0 Å². The van der Waals surface area contributed by atoms with E-state index in [-0.39, 0.29) is 12.3 Å². The number of amides is 1. The largest absolute Gasteiger partial charge is 0.400 e. The summed E-state index contributed by atoms with van der Waals surface area (Å²) >= 11 is 0. The highest BCUT2D eigenvalue weighted by Crippen LogP contribution is 2.65. The molecule has 172 valence electrons. The standard InChI is InChI=1S/C21H40F2NO4P/c1-7-20(25)24(6)17-15-13-11-9-8-10-12-14-16-21(22,23)29(26,27-18(2)3)28-19(4)5/h7,18-19H,1,8-17H2,2-6H3. The first-order valence-corrected chi connectivity index (χ1v) is 12.2. The van der Waals surface area contributed by atoms with Crippen molar-refractivity contribution < 1.29 is 27.2 Å². The Balaban J connectivity index is 4.04. The van der Waals surface area contributed by atoms with E-state index in [0.717, 1.165) is 45.1 Å².